The number of ketones is 1. The summed E-state index contributed by atoms with van der Waals surface area (Å²) in [5.74, 6) is -0.307. The van der Waals surface area contributed by atoms with E-state index in [-0.39, 0.29) is 18.2 Å². The second-order valence-corrected chi connectivity index (χ2v) is 3.52. The quantitative estimate of drug-likeness (QED) is 0.514. The molecule has 0 spiro atoms. The highest BCUT2D eigenvalue weighted by molar-refractivity contribution is 6.07. The Balaban J connectivity index is 4.38. The smallest absolute Gasteiger partial charge is 0.309 e. The first-order valence-corrected chi connectivity index (χ1v) is 5.56. The Kier molecular flexibility index (Phi) is 7.18. The highest BCUT2D eigenvalue weighted by Crippen LogP contribution is 2.07. The Morgan fingerprint density at radius 2 is 1.62 bits per heavy atom. The minimum atomic E-state index is -0.299. The fourth-order valence-corrected chi connectivity index (χ4v) is 1.26. The summed E-state index contributed by atoms with van der Waals surface area (Å²) in [6.45, 7) is 7.61. The van der Waals surface area contributed by atoms with Gasteiger partial charge in [-0.25, -0.2) is 0 Å². The maximum atomic E-state index is 11.7. The van der Waals surface area contributed by atoms with Gasteiger partial charge in [0.25, 0.3) is 0 Å². The molecule has 0 radical (unpaired) electrons. The van der Waals surface area contributed by atoms with Gasteiger partial charge >= 0.3 is 5.97 Å². The average Bonchev–Trinajstić information content (AvgIpc) is 2.25. The van der Waals surface area contributed by atoms with Crippen LogP contribution < -0.4 is 0 Å². The zero-order valence-electron chi connectivity index (χ0n) is 10.5. The Morgan fingerprint density at radius 3 is 2.12 bits per heavy atom. The highest BCUT2D eigenvalue weighted by Gasteiger charge is 2.07. The molecular formula is C13H20O3. The predicted octanol–water partition coefficient (Wildman–Crippen LogP) is 2.81. The molecule has 3 heteroatoms. The predicted molar refractivity (Wildman–Crippen MR) is 64.1 cm³/mol. The molecule has 0 fully saturated rings. The van der Waals surface area contributed by atoms with Crippen LogP contribution in [0.3, 0.4) is 0 Å². The van der Waals surface area contributed by atoms with E-state index in [0.29, 0.717) is 12.2 Å². The Bertz CT molecular complexity index is 311. The van der Waals surface area contributed by atoms with E-state index in [0.717, 1.165) is 12.0 Å². The Morgan fingerprint density at radius 1 is 1.06 bits per heavy atom. The third-order valence-electron chi connectivity index (χ3n) is 2.11. The minimum Gasteiger partial charge on any atom is -0.466 e. The van der Waals surface area contributed by atoms with Crippen LogP contribution in [0.25, 0.3) is 0 Å². The van der Waals surface area contributed by atoms with Gasteiger partial charge in [0, 0.05) is 0 Å². The standard InChI is InChI=1S/C13H20O3/c1-5-7-10(3)13(15)11(4)8-9-12(14)16-6-2/h7-8H,5-6,9H2,1-4H3/b10-7+,11-8+. The van der Waals surface area contributed by atoms with Crippen molar-refractivity contribution in [3.8, 4) is 0 Å². The number of carbonyl (C=O) groups excluding carboxylic acids is 2. The zero-order valence-corrected chi connectivity index (χ0v) is 10.5. The van der Waals surface area contributed by atoms with Gasteiger partial charge in [-0.2, -0.15) is 0 Å². The Hall–Kier alpha value is -1.38. The van der Waals surface area contributed by atoms with E-state index in [2.05, 4.69) is 0 Å². The van der Waals surface area contributed by atoms with E-state index in [9.17, 15) is 9.59 Å². The van der Waals surface area contributed by atoms with Crippen LogP contribution in [0.2, 0.25) is 0 Å². The van der Waals surface area contributed by atoms with Crippen molar-refractivity contribution in [3.63, 3.8) is 0 Å². The molecular weight excluding hydrogens is 204 g/mol. The third-order valence-corrected chi connectivity index (χ3v) is 2.11. The van der Waals surface area contributed by atoms with Crippen LogP contribution in [0, 0.1) is 0 Å². The summed E-state index contributed by atoms with van der Waals surface area (Å²) in [7, 11) is 0. The molecule has 0 rings (SSSR count). The molecule has 0 aliphatic rings. The van der Waals surface area contributed by atoms with E-state index in [1.54, 1.807) is 26.8 Å². The van der Waals surface area contributed by atoms with Crippen LogP contribution in [0.1, 0.15) is 40.5 Å². The van der Waals surface area contributed by atoms with Gasteiger partial charge in [-0.15, -0.1) is 0 Å². The molecule has 0 aliphatic carbocycles. The van der Waals surface area contributed by atoms with Crippen LogP contribution in [0.4, 0.5) is 0 Å². The summed E-state index contributed by atoms with van der Waals surface area (Å²) in [6, 6.07) is 0. The molecule has 0 aliphatic heterocycles. The molecule has 0 N–H and O–H groups in total. The molecule has 3 nitrogen and oxygen atoms in total. The van der Waals surface area contributed by atoms with Crippen molar-refractivity contribution in [2.75, 3.05) is 6.61 Å². The van der Waals surface area contributed by atoms with Crippen molar-refractivity contribution in [1.29, 1.82) is 0 Å². The van der Waals surface area contributed by atoms with Gasteiger partial charge in [0.1, 0.15) is 0 Å². The summed E-state index contributed by atoms with van der Waals surface area (Å²) in [5.41, 5.74) is 1.32. The molecule has 0 aromatic carbocycles. The van der Waals surface area contributed by atoms with Crippen LogP contribution >= 0.6 is 0 Å². The molecule has 0 saturated carbocycles. The normalized spacial score (nSPS) is 12.5. The van der Waals surface area contributed by atoms with E-state index in [4.69, 9.17) is 4.74 Å². The molecule has 0 heterocycles. The SMILES string of the molecule is CC/C=C(\C)C(=O)/C(C)=C/CC(=O)OCC. The molecule has 0 aromatic heterocycles. The topological polar surface area (TPSA) is 43.4 Å². The van der Waals surface area contributed by atoms with Gasteiger partial charge in [-0.3, -0.25) is 9.59 Å². The van der Waals surface area contributed by atoms with Gasteiger partial charge in [0.2, 0.25) is 0 Å². The van der Waals surface area contributed by atoms with Crippen molar-refractivity contribution in [2.45, 2.75) is 40.5 Å². The molecule has 0 bridgehead atoms. The first kappa shape index (κ1) is 14.6. The minimum absolute atomic E-state index is 0.00820. The van der Waals surface area contributed by atoms with Crippen molar-refractivity contribution >= 4 is 11.8 Å². The summed E-state index contributed by atoms with van der Waals surface area (Å²) >= 11 is 0. The largest absolute Gasteiger partial charge is 0.466 e. The van der Waals surface area contributed by atoms with Gasteiger partial charge in [0.15, 0.2) is 5.78 Å². The first-order chi connectivity index (χ1) is 7.52. The molecule has 16 heavy (non-hydrogen) atoms. The van der Waals surface area contributed by atoms with Crippen molar-refractivity contribution in [2.24, 2.45) is 0 Å². The number of rotatable bonds is 6. The summed E-state index contributed by atoms with van der Waals surface area (Å²) in [5, 5.41) is 0. The highest BCUT2D eigenvalue weighted by atomic mass is 16.5. The Labute approximate surface area is 97.2 Å². The zero-order chi connectivity index (χ0) is 12.6. The van der Waals surface area contributed by atoms with E-state index in [1.807, 2.05) is 13.0 Å². The first-order valence-electron chi connectivity index (χ1n) is 5.56. The third kappa shape index (κ3) is 5.49. The molecule has 0 unspecified atom stereocenters. The van der Waals surface area contributed by atoms with Gasteiger partial charge in [0.05, 0.1) is 13.0 Å². The van der Waals surface area contributed by atoms with E-state index < -0.39 is 0 Å². The van der Waals surface area contributed by atoms with E-state index >= 15 is 0 Å². The lowest BCUT2D eigenvalue weighted by atomic mass is 10.0. The molecule has 0 atom stereocenters. The lowest BCUT2D eigenvalue weighted by Crippen LogP contribution is -2.05. The van der Waals surface area contributed by atoms with Gasteiger partial charge in [-0.05, 0) is 38.3 Å². The number of hydrogen-bond donors (Lipinski definition) is 0. The average molecular weight is 224 g/mol. The van der Waals surface area contributed by atoms with E-state index in [1.165, 1.54) is 0 Å². The summed E-state index contributed by atoms with van der Waals surface area (Å²) in [4.78, 5) is 22.8. The fourth-order valence-electron chi connectivity index (χ4n) is 1.26. The fraction of sp³-hybridized carbons (Fsp3) is 0.538. The molecule has 0 aromatic rings. The van der Waals surface area contributed by atoms with Crippen LogP contribution in [0.5, 0.6) is 0 Å². The lowest BCUT2D eigenvalue weighted by Gasteiger charge is -2.01. The van der Waals surface area contributed by atoms with Crippen molar-refractivity contribution in [1.82, 2.24) is 0 Å². The monoisotopic (exact) mass is 224 g/mol. The van der Waals surface area contributed by atoms with Gasteiger partial charge < -0.3 is 4.74 Å². The molecule has 90 valence electrons. The number of allylic oxidation sites excluding steroid dienone is 3. The number of carbonyl (C=O) groups is 2. The molecule has 0 amide bonds. The molecule has 0 saturated heterocycles. The number of Topliss-reactive ketones (excluding diaryl/α,β-unsaturated/α-hetero) is 1. The maximum absolute atomic E-state index is 11.7. The number of ether oxygens (including phenoxy) is 1. The second kappa shape index (κ2) is 7.85. The van der Waals surface area contributed by atoms with Crippen LogP contribution in [-0.4, -0.2) is 18.4 Å². The summed E-state index contributed by atoms with van der Waals surface area (Å²) < 4.78 is 4.77. The number of hydrogen-bond acceptors (Lipinski definition) is 3. The second-order valence-electron chi connectivity index (χ2n) is 3.52. The van der Waals surface area contributed by atoms with Gasteiger partial charge in [-0.1, -0.05) is 19.1 Å². The summed E-state index contributed by atoms with van der Waals surface area (Å²) in [6.07, 6.45) is 4.49. The van der Waals surface area contributed by atoms with Crippen LogP contribution in [-0.2, 0) is 14.3 Å². The van der Waals surface area contributed by atoms with Crippen LogP contribution in [0.15, 0.2) is 23.3 Å². The maximum Gasteiger partial charge on any atom is 0.309 e. The lowest BCUT2D eigenvalue weighted by molar-refractivity contribution is -0.142. The van der Waals surface area contributed by atoms with Crippen molar-refractivity contribution in [3.05, 3.63) is 23.3 Å². The van der Waals surface area contributed by atoms with Crippen molar-refractivity contribution < 1.29 is 14.3 Å². The number of esters is 1.